The van der Waals surface area contributed by atoms with Crippen molar-refractivity contribution in [2.75, 3.05) is 18.1 Å². The van der Waals surface area contributed by atoms with E-state index in [1.807, 2.05) is 24.3 Å². The molecule has 1 heterocycles. The summed E-state index contributed by atoms with van der Waals surface area (Å²) in [6.45, 7) is 6.07. The monoisotopic (exact) mass is 257 g/mol. The van der Waals surface area contributed by atoms with Gasteiger partial charge in [-0.15, -0.1) is 6.58 Å². The third-order valence-electron chi connectivity index (χ3n) is 2.82. The number of benzene rings is 1. The van der Waals surface area contributed by atoms with Gasteiger partial charge in [-0.3, -0.25) is 4.79 Å². The van der Waals surface area contributed by atoms with Gasteiger partial charge in [-0.1, -0.05) is 24.3 Å². The second-order valence-electron chi connectivity index (χ2n) is 4.03. The molecule has 1 aromatic carbocycles. The lowest BCUT2D eigenvalue weighted by atomic mass is 10.1. The molecular weight excluding hydrogens is 242 g/mol. The molecule has 19 heavy (non-hydrogen) atoms. The molecule has 0 N–H and O–H groups in total. The minimum absolute atomic E-state index is 0.200. The predicted octanol–water partition coefficient (Wildman–Crippen LogP) is 2.17. The molecule has 98 valence electrons. The Morgan fingerprint density at radius 1 is 1.42 bits per heavy atom. The highest BCUT2D eigenvalue weighted by atomic mass is 16.5. The summed E-state index contributed by atoms with van der Waals surface area (Å²) >= 11 is 0. The number of rotatable bonds is 4. The van der Waals surface area contributed by atoms with E-state index in [2.05, 4.69) is 6.58 Å². The summed E-state index contributed by atoms with van der Waals surface area (Å²) < 4.78 is 4.86. The first-order valence-corrected chi connectivity index (χ1v) is 6.09. The Hall–Kier alpha value is -2.36. The van der Waals surface area contributed by atoms with Gasteiger partial charge in [0.1, 0.15) is 0 Å². The van der Waals surface area contributed by atoms with Crippen molar-refractivity contribution in [3.05, 3.63) is 48.6 Å². The summed E-state index contributed by atoms with van der Waals surface area (Å²) in [5.41, 5.74) is 1.92. The third-order valence-corrected chi connectivity index (χ3v) is 2.82. The van der Waals surface area contributed by atoms with Crippen molar-refractivity contribution in [2.24, 2.45) is 0 Å². The van der Waals surface area contributed by atoms with Crippen molar-refractivity contribution in [1.29, 1.82) is 0 Å². The second-order valence-corrected chi connectivity index (χ2v) is 4.03. The lowest BCUT2D eigenvalue weighted by Crippen LogP contribution is -2.26. The number of nitrogens with zero attached hydrogens (tertiary/aromatic N) is 1. The van der Waals surface area contributed by atoms with Crippen LogP contribution in [0.5, 0.6) is 0 Å². The molecule has 0 saturated carbocycles. The summed E-state index contributed by atoms with van der Waals surface area (Å²) in [6.07, 6.45) is 2.91. The van der Waals surface area contributed by atoms with Gasteiger partial charge in [0.25, 0.3) is 5.91 Å². The summed E-state index contributed by atoms with van der Waals surface area (Å²) in [6, 6.07) is 7.36. The average molecular weight is 257 g/mol. The predicted molar refractivity (Wildman–Crippen MR) is 73.6 cm³/mol. The van der Waals surface area contributed by atoms with E-state index in [-0.39, 0.29) is 12.5 Å². The fraction of sp³-hybridized carbons (Fsp3) is 0.200. The van der Waals surface area contributed by atoms with E-state index in [1.165, 1.54) is 6.08 Å². The van der Waals surface area contributed by atoms with Gasteiger partial charge >= 0.3 is 5.97 Å². The minimum Gasteiger partial charge on any atom is -0.463 e. The summed E-state index contributed by atoms with van der Waals surface area (Å²) in [5.74, 6) is -0.699. The van der Waals surface area contributed by atoms with Gasteiger partial charge in [0.15, 0.2) is 0 Å². The smallest absolute Gasteiger partial charge is 0.331 e. The zero-order chi connectivity index (χ0) is 13.8. The van der Waals surface area contributed by atoms with Crippen molar-refractivity contribution < 1.29 is 14.3 Å². The first-order chi connectivity index (χ1) is 9.19. The summed E-state index contributed by atoms with van der Waals surface area (Å²) in [5, 5.41) is 0. The number of esters is 1. The molecule has 0 atom stereocenters. The van der Waals surface area contributed by atoms with E-state index in [9.17, 15) is 9.59 Å². The quantitative estimate of drug-likeness (QED) is 0.472. The van der Waals surface area contributed by atoms with Crippen LogP contribution < -0.4 is 4.90 Å². The van der Waals surface area contributed by atoms with Crippen LogP contribution in [0.15, 0.2) is 43.0 Å². The molecule has 0 aliphatic carbocycles. The molecule has 0 saturated heterocycles. The fourth-order valence-electron chi connectivity index (χ4n) is 2.06. The molecule has 1 aromatic rings. The minimum atomic E-state index is -0.499. The molecule has 2 rings (SSSR count). The number of fused-ring (bicyclic) bond motifs is 1. The molecule has 0 bridgehead atoms. The van der Waals surface area contributed by atoms with E-state index < -0.39 is 5.97 Å². The van der Waals surface area contributed by atoms with E-state index in [0.717, 1.165) is 11.3 Å². The number of hydrogen-bond donors (Lipinski definition) is 0. The lowest BCUT2D eigenvalue weighted by Gasteiger charge is -2.13. The largest absolute Gasteiger partial charge is 0.463 e. The zero-order valence-corrected chi connectivity index (χ0v) is 10.8. The fourth-order valence-corrected chi connectivity index (χ4v) is 2.06. The summed E-state index contributed by atoms with van der Waals surface area (Å²) in [7, 11) is 0. The van der Waals surface area contributed by atoms with Crippen molar-refractivity contribution >= 4 is 23.1 Å². The van der Waals surface area contributed by atoms with E-state index in [4.69, 9.17) is 4.74 Å². The van der Waals surface area contributed by atoms with Gasteiger partial charge < -0.3 is 9.64 Å². The third kappa shape index (κ3) is 2.42. The van der Waals surface area contributed by atoms with Crippen LogP contribution in [0, 0.1) is 0 Å². The second kappa shape index (κ2) is 5.52. The van der Waals surface area contributed by atoms with Gasteiger partial charge in [0.05, 0.1) is 17.9 Å². The maximum absolute atomic E-state index is 12.3. The molecule has 1 aliphatic heterocycles. The highest BCUT2D eigenvalue weighted by molar-refractivity contribution is 6.34. The molecule has 0 unspecified atom stereocenters. The molecule has 0 radical (unpaired) electrons. The molecule has 0 spiro atoms. The molecule has 1 amide bonds. The lowest BCUT2D eigenvalue weighted by molar-refractivity contribution is -0.137. The van der Waals surface area contributed by atoms with Gasteiger partial charge in [-0.05, 0) is 13.0 Å². The highest BCUT2D eigenvalue weighted by Crippen LogP contribution is 2.36. The Balaban J connectivity index is 2.44. The molecule has 1 aliphatic rings. The van der Waals surface area contributed by atoms with Crippen molar-refractivity contribution in [3.8, 4) is 0 Å². The van der Waals surface area contributed by atoms with Gasteiger partial charge in [-0.25, -0.2) is 4.79 Å². The van der Waals surface area contributed by atoms with Crippen molar-refractivity contribution in [3.63, 3.8) is 0 Å². The maximum atomic E-state index is 12.3. The van der Waals surface area contributed by atoms with Crippen LogP contribution in [0.25, 0.3) is 5.57 Å². The van der Waals surface area contributed by atoms with Crippen LogP contribution >= 0.6 is 0 Å². The molecule has 4 nitrogen and oxygen atoms in total. The molecule has 0 fully saturated rings. The van der Waals surface area contributed by atoms with E-state index in [1.54, 1.807) is 17.9 Å². The van der Waals surface area contributed by atoms with Crippen LogP contribution in [0.4, 0.5) is 5.69 Å². The molecular formula is C15H15NO3. The number of ether oxygens (including phenoxy) is 1. The van der Waals surface area contributed by atoms with Gasteiger partial charge in [0.2, 0.25) is 0 Å². The SMILES string of the molecule is C=CCN1C(=O)C(=CC(=O)OCC)c2ccccc21. The number of para-hydroxylation sites is 1. The maximum Gasteiger partial charge on any atom is 0.331 e. The first-order valence-electron chi connectivity index (χ1n) is 6.09. The molecule has 0 aromatic heterocycles. The van der Waals surface area contributed by atoms with Crippen LogP contribution in [0.2, 0.25) is 0 Å². The zero-order valence-electron chi connectivity index (χ0n) is 10.8. The topological polar surface area (TPSA) is 46.6 Å². The average Bonchev–Trinajstić information content (AvgIpc) is 2.66. The van der Waals surface area contributed by atoms with E-state index in [0.29, 0.717) is 12.1 Å². The number of amides is 1. The van der Waals surface area contributed by atoms with Crippen LogP contribution in [0.3, 0.4) is 0 Å². The number of anilines is 1. The Morgan fingerprint density at radius 2 is 2.16 bits per heavy atom. The normalized spacial score (nSPS) is 15.5. The highest BCUT2D eigenvalue weighted by Gasteiger charge is 2.31. The Bertz CT molecular complexity index is 560. The molecule has 4 heteroatoms. The van der Waals surface area contributed by atoms with Crippen molar-refractivity contribution in [2.45, 2.75) is 6.92 Å². The van der Waals surface area contributed by atoms with E-state index >= 15 is 0 Å². The Kier molecular flexibility index (Phi) is 3.80. The Labute approximate surface area is 112 Å². The van der Waals surface area contributed by atoms with Crippen LogP contribution in [-0.4, -0.2) is 25.0 Å². The first kappa shape index (κ1) is 13.1. The standard InChI is InChI=1S/C15H15NO3/c1-3-9-16-13-8-6-5-7-11(13)12(15(16)18)10-14(17)19-4-2/h3,5-8,10H,1,4,9H2,2H3. The van der Waals surface area contributed by atoms with Crippen molar-refractivity contribution in [1.82, 2.24) is 0 Å². The van der Waals surface area contributed by atoms with Gasteiger partial charge in [-0.2, -0.15) is 0 Å². The van der Waals surface area contributed by atoms with Crippen LogP contribution in [-0.2, 0) is 14.3 Å². The van der Waals surface area contributed by atoms with Gasteiger partial charge in [0, 0.05) is 18.2 Å². The number of carbonyl (C=O) groups is 2. The number of hydrogen-bond acceptors (Lipinski definition) is 3. The summed E-state index contributed by atoms with van der Waals surface area (Å²) in [4.78, 5) is 25.4. The van der Waals surface area contributed by atoms with Crippen LogP contribution in [0.1, 0.15) is 12.5 Å². The Morgan fingerprint density at radius 3 is 2.84 bits per heavy atom. The number of carbonyl (C=O) groups excluding carboxylic acids is 2.